The van der Waals surface area contributed by atoms with Crippen LogP contribution in [-0.4, -0.2) is 0 Å². The molecule has 0 aliphatic carbocycles. The molecule has 0 aliphatic heterocycles. The van der Waals surface area contributed by atoms with Gasteiger partial charge in [-0.05, 0) is 134 Å². The van der Waals surface area contributed by atoms with E-state index in [2.05, 4.69) is 134 Å². The molecule has 0 saturated heterocycles. The minimum atomic E-state index is 1.26. The summed E-state index contributed by atoms with van der Waals surface area (Å²) < 4.78 is 0. The molecule has 0 radical (unpaired) electrons. The van der Waals surface area contributed by atoms with E-state index in [0.29, 0.717) is 0 Å². The van der Waals surface area contributed by atoms with Gasteiger partial charge in [0, 0.05) is 0 Å². The fourth-order valence-corrected chi connectivity index (χ4v) is 7.87. The second kappa shape index (κ2) is 7.50. The molecule has 0 amide bonds. The topological polar surface area (TPSA) is 0 Å². The molecular weight excluding hydrogens is 492 g/mol. The Labute approximate surface area is 236 Å². The van der Waals surface area contributed by atoms with Crippen LogP contribution in [0.5, 0.6) is 0 Å². The van der Waals surface area contributed by atoms with Crippen LogP contribution in [0.3, 0.4) is 0 Å². The third-order valence-electron chi connectivity index (χ3n) is 9.51. The lowest BCUT2D eigenvalue weighted by molar-refractivity contribution is 1.53. The molecule has 0 saturated carbocycles. The Balaban J connectivity index is 1.51. The fraction of sp³-hybridized carbons (Fsp3) is 0.0244. The van der Waals surface area contributed by atoms with Gasteiger partial charge in [0.2, 0.25) is 0 Å². The van der Waals surface area contributed by atoms with Gasteiger partial charge in [-0.1, -0.05) is 103 Å². The number of rotatable bonds is 1. The molecule has 0 N–H and O–H groups in total. The lowest BCUT2D eigenvalue weighted by Gasteiger charge is -2.14. The summed E-state index contributed by atoms with van der Waals surface area (Å²) in [4.78, 5) is 0. The molecule has 10 aromatic rings. The first-order valence-corrected chi connectivity index (χ1v) is 14.4. The van der Waals surface area contributed by atoms with E-state index in [9.17, 15) is 0 Å². The van der Waals surface area contributed by atoms with Gasteiger partial charge in [0.15, 0.2) is 0 Å². The van der Waals surface area contributed by atoms with Gasteiger partial charge in [0.25, 0.3) is 0 Å². The average Bonchev–Trinajstić information content (AvgIpc) is 3.51. The largest absolute Gasteiger partial charge is 0.0622 e. The van der Waals surface area contributed by atoms with E-state index >= 15 is 0 Å². The summed E-state index contributed by atoms with van der Waals surface area (Å²) in [5.74, 6) is 0. The molecule has 41 heavy (non-hydrogen) atoms. The van der Waals surface area contributed by atoms with Gasteiger partial charge in [-0.25, -0.2) is 0 Å². The number of benzene rings is 8. The van der Waals surface area contributed by atoms with E-state index in [1.165, 1.54) is 103 Å². The lowest BCUT2D eigenvalue weighted by atomic mass is 9.89. The minimum absolute atomic E-state index is 1.26. The van der Waals surface area contributed by atoms with Gasteiger partial charge in [-0.15, -0.1) is 0 Å². The third-order valence-corrected chi connectivity index (χ3v) is 9.51. The highest BCUT2D eigenvalue weighted by molar-refractivity contribution is 6.40. The van der Waals surface area contributed by atoms with Crippen molar-refractivity contribution in [3.05, 3.63) is 133 Å². The summed E-state index contributed by atoms with van der Waals surface area (Å²) in [6, 6.07) is 48.0. The SMILES string of the molecule is Cc1cc2cccc3c4cc5c(-c6ccccc6)cc6c(cc7cccc8c9ccccc9c6c78)c5cc4c(c1)c23. The Bertz CT molecular complexity index is 2670. The van der Waals surface area contributed by atoms with E-state index < -0.39 is 0 Å². The van der Waals surface area contributed by atoms with Crippen molar-refractivity contribution in [2.45, 2.75) is 6.92 Å². The van der Waals surface area contributed by atoms with Crippen LogP contribution in [0.15, 0.2) is 127 Å². The summed E-state index contributed by atoms with van der Waals surface area (Å²) >= 11 is 0. The van der Waals surface area contributed by atoms with Gasteiger partial charge >= 0.3 is 0 Å². The Morgan fingerprint density at radius 2 is 0.878 bits per heavy atom. The lowest BCUT2D eigenvalue weighted by Crippen LogP contribution is -1.87. The van der Waals surface area contributed by atoms with Crippen molar-refractivity contribution in [3.8, 4) is 11.1 Å². The van der Waals surface area contributed by atoms with Crippen LogP contribution >= 0.6 is 0 Å². The fourth-order valence-electron chi connectivity index (χ4n) is 7.87. The predicted octanol–water partition coefficient (Wildman–Crippen LogP) is 11.8. The normalized spacial score (nSPS) is 12.5. The molecule has 0 fully saturated rings. The molecule has 0 heterocycles. The standard InChI is InChI=1S/C41H24/c1-23-17-25-11-7-16-30-33-21-34-31(24-9-3-2-4-10-24)20-38-32(35(34)22-36(33)37(18-23)39(25)30)19-26-12-8-15-28-27-13-5-6-14-29(27)41(38)40(26)28/h2-22H,1H3. The first kappa shape index (κ1) is 21.6. The Morgan fingerprint density at radius 3 is 1.71 bits per heavy atom. The first-order valence-electron chi connectivity index (χ1n) is 14.4. The zero-order valence-electron chi connectivity index (χ0n) is 22.6. The summed E-state index contributed by atoms with van der Waals surface area (Å²) in [5, 5.41) is 21.6. The van der Waals surface area contributed by atoms with E-state index in [-0.39, 0.29) is 0 Å². The molecule has 0 nitrogen and oxygen atoms in total. The van der Waals surface area contributed by atoms with Crippen molar-refractivity contribution < 1.29 is 0 Å². The minimum Gasteiger partial charge on any atom is -0.0622 e. The van der Waals surface area contributed by atoms with E-state index in [4.69, 9.17) is 0 Å². The molecule has 0 spiro atoms. The van der Waals surface area contributed by atoms with Crippen molar-refractivity contribution >= 4 is 86.2 Å². The van der Waals surface area contributed by atoms with Gasteiger partial charge in [0.1, 0.15) is 0 Å². The maximum Gasteiger partial charge on any atom is -0.00139 e. The average molecular weight is 517 g/mol. The second-order valence-corrected chi connectivity index (χ2v) is 11.7. The van der Waals surface area contributed by atoms with Crippen LogP contribution in [0.2, 0.25) is 0 Å². The Morgan fingerprint density at radius 1 is 0.317 bits per heavy atom. The van der Waals surface area contributed by atoms with E-state index in [1.807, 2.05) is 0 Å². The van der Waals surface area contributed by atoms with Crippen LogP contribution in [0.25, 0.3) is 97.3 Å². The molecule has 0 heteroatoms. The summed E-state index contributed by atoms with van der Waals surface area (Å²) in [6.45, 7) is 2.22. The number of hydrogen-bond acceptors (Lipinski definition) is 0. The molecule has 10 rings (SSSR count). The Hall–Kier alpha value is -5.20. The number of hydrogen-bond donors (Lipinski definition) is 0. The molecule has 0 unspecified atom stereocenters. The quantitative estimate of drug-likeness (QED) is 0.150. The van der Waals surface area contributed by atoms with Crippen LogP contribution < -0.4 is 0 Å². The van der Waals surface area contributed by atoms with Crippen molar-refractivity contribution in [1.29, 1.82) is 0 Å². The van der Waals surface area contributed by atoms with Crippen LogP contribution in [-0.2, 0) is 0 Å². The van der Waals surface area contributed by atoms with Crippen LogP contribution in [0, 0.1) is 6.92 Å². The number of aryl methyl sites for hydroxylation is 1. The zero-order valence-corrected chi connectivity index (χ0v) is 22.6. The molecule has 0 atom stereocenters. The van der Waals surface area contributed by atoms with E-state index in [1.54, 1.807) is 0 Å². The zero-order chi connectivity index (χ0) is 26.8. The van der Waals surface area contributed by atoms with Crippen molar-refractivity contribution in [2.75, 3.05) is 0 Å². The monoisotopic (exact) mass is 516 g/mol. The van der Waals surface area contributed by atoms with Crippen LogP contribution in [0.4, 0.5) is 0 Å². The molecule has 0 aliphatic rings. The summed E-state index contributed by atoms with van der Waals surface area (Å²) in [7, 11) is 0. The summed E-state index contributed by atoms with van der Waals surface area (Å²) in [6.07, 6.45) is 0. The van der Waals surface area contributed by atoms with Gasteiger partial charge in [-0.3, -0.25) is 0 Å². The maximum absolute atomic E-state index is 2.50. The van der Waals surface area contributed by atoms with Crippen LogP contribution in [0.1, 0.15) is 5.56 Å². The third kappa shape index (κ3) is 2.70. The molecule has 188 valence electrons. The first-order chi connectivity index (χ1) is 20.2. The van der Waals surface area contributed by atoms with E-state index in [0.717, 1.165) is 0 Å². The highest BCUT2D eigenvalue weighted by Crippen LogP contribution is 2.48. The van der Waals surface area contributed by atoms with Crippen molar-refractivity contribution in [2.24, 2.45) is 0 Å². The summed E-state index contributed by atoms with van der Waals surface area (Å²) in [5.41, 5.74) is 3.87. The molecule has 10 aromatic carbocycles. The predicted molar refractivity (Wildman–Crippen MR) is 179 cm³/mol. The molecule has 0 aromatic heterocycles. The molecule has 0 bridgehead atoms. The maximum atomic E-state index is 2.50. The van der Waals surface area contributed by atoms with Gasteiger partial charge < -0.3 is 0 Å². The van der Waals surface area contributed by atoms with Crippen molar-refractivity contribution in [1.82, 2.24) is 0 Å². The Kier molecular flexibility index (Phi) is 3.95. The second-order valence-electron chi connectivity index (χ2n) is 11.7. The highest BCUT2D eigenvalue weighted by Gasteiger charge is 2.20. The van der Waals surface area contributed by atoms with Crippen molar-refractivity contribution in [3.63, 3.8) is 0 Å². The smallest absolute Gasteiger partial charge is 0.00139 e. The number of fused-ring (bicyclic) bond motifs is 10. The van der Waals surface area contributed by atoms with Gasteiger partial charge in [-0.2, -0.15) is 0 Å². The molecular formula is C41H24. The van der Waals surface area contributed by atoms with Gasteiger partial charge in [0.05, 0.1) is 0 Å². The highest BCUT2D eigenvalue weighted by atomic mass is 14.2.